The number of hydrogen-bond acceptors (Lipinski definition) is 4. The van der Waals surface area contributed by atoms with Crippen LogP contribution in [0.1, 0.15) is 122 Å². The lowest BCUT2D eigenvalue weighted by molar-refractivity contribution is 0.305. The topological polar surface area (TPSA) is 15.7 Å². The Morgan fingerprint density at radius 1 is 0.386 bits per heavy atom. The Morgan fingerprint density at radius 3 is 1.20 bits per heavy atom. The largest absolute Gasteiger partial charge is 0.493 e. The molecular formula is C66H74N2OS. The van der Waals surface area contributed by atoms with Crippen molar-refractivity contribution < 1.29 is 4.74 Å². The monoisotopic (exact) mass is 943 g/mol. The highest BCUT2D eigenvalue weighted by atomic mass is 32.1. The Bertz CT molecular complexity index is 2880. The average molecular weight is 943 g/mol. The predicted molar refractivity (Wildman–Crippen MR) is 305 cm³/mol. The molecule has 0 bridgehead atoms. The number of rotatable bonds is 19. The lowest BCUT2D eigenvalue weighted by atomic mass is 9.87. The quantitative estimate of drug-likeness (QED) is 0.0752. The summed E-state index contributed by atoms with van der Waals surface area (Å²) in [4.78, 5) is 7.19. The van der Waals surface area contributed by atoms with E-state index in [9.17, 15) is 0 Å². The number of thiophene rings is 1. The number of ether oxygens (including phenoxy) is 1. The molecule has 7 aromatic carbocycles. The maximum atomic E-state index is 6.47. The summed E-state index contributed by atoms with van der Waals surface area (Å²) >= 11 is 1.83. The summed E-state index contributed by atoms with van der Waals surface area (Å²) in [5.74, 6) is 0.991. The SMILES string of the molecule is CCCCCCCCCCOc1cc(C)ccc1-c1ccc(-c2ccc(N(c3ccc(-c4ccc(N(c5ccc(C)cc5)c5ccc(C(C)(C)C)cc5)cc4)cc3)c3ccc(C(C)(C)C)cc3)cc2)s1. The third-order valence-electron chi connectivity index (χ3n) is 13.5. The first kappa shape index (κ1) is 50.0. The van der Waals surface area contributed by atoms with Gasteiger partial charge in [-0.1, -0.05) is 178 Å². The molecule has 0 aliphatic heterocycles. The van der Waals surface area contributed by atoms with Gasteiger partial charge in [-0.2, -0.15) is 0 Å². The fraction of sp³-hybridized carbons (Fsp3) is 0.303. The summed E-state index contributed by atoms with van der Waals surface area (Å²) in [5, 5.41) is 0. The molecule has 0 N–H and O–H groups in total. The second kappa shape index (κ2) is 22.6. The van der Waals surface area contributed by atoms with Crippen LogP contribution >= 0.6 is 11.3 Å². The fourth-order valence-electron chi connectivity index (χ4n) is 9.20. The summed E-state index contributed by atoms with van der Waals surface area (Å²) in [5.41, 5.74) is 16.8. The van der Waals surface area contributed by atoms with Crippen LogP contribution in [0.3, 0.4) is 0 Å². The van der Waals surface area contributed by atoms with E-state index in [1.54, 1.807) is 0 Å². The van der Waals surface area contributed by atoms with Crippen LogP contribution in [-0.2, 0) is 10.8 Å². The van der Waals surface area contributed by atoms with Crippen molar-refractivity contribution >= 4 is 45.5 Å². The molecule has 0 atom stereocenters. The van der Waals surface area contributed by atoms with Crippen LogP contribution in [0, 0.1) is 13.8 Å². The Hall–Kier alpha value is -6.36. The van der Waals surface area contributed by atoms with Crippen LogP contribution in [0.2, 0.25) is 0 Å². The molecule has 1 aromatic heterocycles. The van der Waals surface area contributed by atoms with Crippen molar-refractivity contribution in [3.05, 3.63) is 198 Å². The summed E-state index contributed by atoms with van der Waals surface area (Å²) < 4.78 is 6.47. The van der Waals surface area contributed by atoms with Gasteiger partial charge in [0.25, 0.3) is 0 Å². The normalized spacial score (nSPS) is 11.7. The fourth-order valence-corrected chi connectivity index (χ4v) is 10.2. The number of unbranched alkanes of at least 4 members (excludes halogenated alkanes) is 7. The van der Waals surface area contributed by atoms with Crippen molar-refractivity contribution in [2.45, 2.75) is 125 Å². The molecule has 0 fully saturated rings. The van der Waals surface area contributed by atoms with Crippen LogP contribution in [0.4, 0.5) is 34.1 Å². The first-order chi connectivity index (χ1) is 33.7. The van der Waals surface area contributed by atoms with Gasteiger partial charge >= 0.3 is 0 Å². The van der Waals surface area contributed by atoms with Crippen LogP contribution in [0.5, 0.6) is 5.75 Å². The van der Waals surface area contributed by atoms with Crippen LogP contribution in [0.15, 0.2) is 176 Å². The van der Waals surface area contributed by atoms with Crippen LogP contribution < -0.4 is 14.5 Å². The molecule has 0 spiro atoms. The van der Waals surface area contributed by atoms with Gasteiger partial charge in [0.1, 0.15) is 5.75 Å². The molecule has 0 saturated heterocycles. The minimum atomic E-state index is 0.0640. The average Bonchev–Trinajstić information content (AvgIpc) is 3.85. The molecule has 3 nitrogen and oxygen atoms in total. The lowest BCUT2D eigenvalue weighted by Crippen LogP contribution is -2.13. The summed E-state index contributed by atoms with van der Waals surface area (Å²) in [6.45, 7) is 20.9. The second-order valence-electron chi connectivity index (χ2n) is 21.2. The van der Waals surface area contributed by atoms with Crippen LogP contribution in [-0.4, -0.2) is 6.61 Å². The van der Waals surface area contributed by atoms with E-state index >= 15 is 0 Å². The number of aryl methyl sites for hydroxylation is 2. The van der Waals surface area contributed by atoms with Gasteiger partial charge in [0.15, 0.2) is 0 Å². The number of benzene rings is 7. The second-order valence-corrected chi connectivity index (χ2v) is 22.3. The first-order valence-electron chi connectivity index (χ1n) is 25.8. The maximum Gasteiger partial charge on any atom is 0.128 e. The molecule has 0 radical (unpaired) electrons. The van der Waals surface area contributed by atoms with Crippen LogP contribution in [0.25, 0.3) is 32.0 Å². The van der Waals surface area contributed by atoms with E-state index in [0.29, 0.717) is 0 Å². The van der Waals surface area contributed by atoms with Gasteiger partial charge in [-0.15, -0.1) is 11.3 Å². The molecule has 8 rings (SSSR count). The van der Waals surface area contributed by atoms with E-state index in [1.165, 1.54) is 99.2 Å². The lowest BCUT2D eigenvalue weighted by Gasteiger charge is -2.27. The Morgan fingerprint density at radius 2 is 0.757 bits per heavy atom. The Kier molecular flexibility index (Phi) is 16.2. The summed E-state index contributed by atoms with van der Waals surface area (Å²) in [7, 11) is 0. The van der Waals surface area contributed by atoms with E-state index in [-0.39, 0.29) is 10.8 Å². The third kappa shape index (κ3) is 12.5. The standard InChI is InChI=1S/C66H74N2OS/c1-10-11-12-13-14-15-16-17-46-69-62-47-49(3)20-43-61(62)64-45-44-63(70-64)52-25-37-58(38-26-52)68(60-41-29-54(30-42-60)66(7,8)9)57-35-23-51(24-36-57)50-21-33-56(34-22-50)67(55-31-18-48(2)19-32-55)59-39-27-53(28-40-59)65(4,5)6/h18-45,47H,10-17,46H2,1-9H3. The summed E-state index contributed by atoms with van der Waals surface area (Å²) in [6.07, 6.45) is 10.4. The highest BCUT2D eigenvalue weighted by Gasteiger charge is 2.20. The zero-order chi connectivity index (χ0) is 49.3. The molecule has 0 saturated carbocycles. The molecule has 8 aromatic rings. The molecule has 0 aliphatic carbocycles. The zero-order valence-electron chi connectivity index (χ0n) is 43.3. The minimum absolute atomic E-state index is 0.0640. The highest BCUT2D eigenvalue weighted by Crippen LogP contribution is 2.43. The molecule has 1 heterocycles. The van der Waals surface area contributed by atoms with Gasteiger partial charge in [0.2, 0.25) is 0 Å². The minimum Gasteiger partial charge on any atom is -0.493 e. The highest BCUT2D eigenvalue weighted by molar-refractivity contribution is 7.18. The molecule has 0 amide bonds. The third-order valence-corrected chi connectivity index (χ3v) is 14.7. The van der Waals surface area contributed by atoms with E-state index in [2.05, 4.69) is 248 Å². The van der Waals surface area contributed by atoms with E-state index < -0.39 is 0 Å². The van der Waals surface area contributed by atoms with E-state index in [1.807, 2.05) is 11.3 Å². The molecular weight excluding hydrogens is 869 g/mol. The summed E-state index contributed by atoms with van der Waals surface area (Å²) in [6, 6.07) is 65.1. The van der Waals surface area contributed by atoms with Gasteiger partial charge in [-0.25, -0.2) is 0 Å². The predicted octanol–water partition coefficient (Wildman–Crippen LogP) is 20.4. The number of nitrogens with zero attached hydrogens (tertiary/aromatic N) is 2. The molecule has 70 heavy (non-hydrogen) atoms. The van der Waals surface area contributed by atoms with Crippen molar-refractivity contribution in [2.24, 2.45) is 0 Å². The molecule has 0 aliphatic rings. The maximum absolute atomic E-state index is 6.47. The van der Waals surface area contributed by atoms with E-state index in [4.69, 9.17) is 4.74 Å². The van der Waals surface area contributed by atoms with E-state index in [0.717, 1.165) is 52.9 Å². The Labute approximate surface area is 424 Å². The number of hydrogen-bond donors (Lipinski definition) is 0. The van der Waals surface area contributed by atoms with Gasteiger partial charge in [0, 0.05) is 49.4 Å². The number of anilines is 6. The molecule has 4 heteroatoms. The van der Waals surface area contributed by atoms with Gasteiger partial charge in [-0.3, -0.25) is 0 Å². The zero-order valence-corrected chi connectivity index (χ0v) is 44.1. The van der Waals surface area contributed by atoms with Crippen molar-refractivity contribution in [1.29, 1.82) is 0 Å². The smallest absolute Gasteiger partial charge is 0.128 e. The van der Waals surface area contributed by atoms with Crippen molar-refractivity contribution in [1.82, 2.24) is 0 Å². The molecule has 360 valence electrons. The first-order valence-corrected chi connectivity index (χ1v) is 26.6. The van der Waals surface area contributed by atoms with Gasteiger partial charge < -0.3 is 14.5 Å². The Balaban J connectivity index is 1.02. The van der Waals surface area contributed by atoms with Crippen molar-refractivity contribution in [3.8, 4) is 37.8 Å². The van der Waals surface area contributed by atoms with Gasteiger partial charge in [0.05, 0.1) is 6.61 Å². The molecule has 0 unspecified atom stereocenters. The van der Waals surface area contributed by atoms with Gasteiger partial charge in [-0.05, 0) is 162 Å². The van der Waals surface area contributed by atoms with Crippen molar-refractivity contribution in [3.63, 3.8) is 0 Å². The van der Waals surface area contributed by atoms with Crippen molar-refractivity contribution in [2.75, 3.05) is 16.4 Å².